The van der Waals surface area contributed by atoms with Crippen LogP contribution in [0.15, 0.2) is 83.4 Å². The number of rotatable bonds is 5. The van der Waals surface area contributed by atoms with Crippen molar-refractivity contribution in [1.82, 2.24) is 5.16 Å². The predicted octanol–water partition coefficient (Wildman–Crippen LogP) is 5.95. The van der Waals surface area contributed by atoms with E-state index in [0.717, 1.165) is 11.3 Å². The second kappa shape index (κ2) is 7.66. The molecule has 0 aliphatic heterocycles. The topological polar surface area (TPSA) is 55.5 Å². The lowest BCUT2D eigenvalue weighted by molar-refractivity contribution is 0.281. The molecule has 0 atom stereocenters. The summed E-state index contributed by atoms with van der Waals surface area (Å²) < 4.78 is 11.4. The zero-order chi connectivity index (χ0) is 18.6. The van der Waals surface area contributed by atoms with Crippen LogP contribution in [0.25, 0.3) is 22.6 Å². The minimum absolute atomic E-state index is 0.219. The molecule has 5 heteroatoms. The van der Waals surface area contributed by atoms with Crippen LogP contribution in [0.1, 0.15) is 5.56 Å². The van der Waals surface area contributed by atoms with Gasteiger partial charge >= 0.3 is 0 Å². The van der Waals surface area contributed by atoms with Gasteiger partial charge < -0.3 is 14.4 Å². The van der Waals surface area contributed by atoms with E-state index in [2.05, 4.69) is 5.16 Å². The minimum atomic E-state index is -0.219. The van der Waals surface area contributed by atoms with Gasteiger partial charge in [-0.25, -0.2) is 0 Å². The van der Waals surface area contributed by atoms with E-state index in [9.17, 15) is 5.11 Å². The maximum absolute atomic E-state index is 9.93. The number of hydrogen-bond acceptors (Lipinski definition) is 4. The molecule has 4 aromatic rings. The van der Waals surface area contributed by atoms with Crippen LogP contribution in [0.5, 0.6) is 11.5 Å². The van der Waals surface area contributed by atoms with Crippen molar-refractivity contribution < 1.29 is 14.4 Å². The van der Waals surface area contributed by atoms with Crippen molar-refractivity contribution in [3.63, 3.8) is 0 Å². The van der Waals surface area contributed by atoms with E-state index in [0.29, 0.717) is 33.4 Å². The Balaban J connectivity index is 1.72. The summed E-state index contributed by atoms with van der Waals surface area (Å²) in [5.41, 5.74) is 2.62. The van der Waals surface area contributed by atoms with Crippen molar-refractivity contribution in [3.8, 4) is 34.1 Å². The number of ether oxygens (including phenoxy) is 1. The molecule has 0 saturated carbocycles. The van der Waals surface area contributed by atoms with Gasteiger partial charge in [-0.1, -0.05) is 59.2 Å². The summed E-state index contributed by atoms with van der Waals surface area (Å²) in [6.45, 7) is -0.219. The summed E-state index contributed by atoms with van der Waals surface area (Å²) in [4.78, 5) is 0. The molecule has 1 heterocycles. The molecule has 27 heavy (non-hydrogen) atoms. The summed E-state index contributed by atoms with van der Waals surface area (Å²) >= 11 is 6.27. The Labute approximate surface area is 161 Å². The van der Waals surface area contributed by atoms with E-state index in [-0.39, 0.29) is 6.61 Å². The third-order valence-corrected chi connectivity index (χ3v) is 4.48. The fraction of sp³-hybridized carbons (Fsp3) is 0.0455. The van der Waals surface area contributed by atoms with Crippen LogP contribution in [0.4, 0.5) is 0 Å². The molecule has 0 aliphatic rings. The molecule has 0 bridgehead atoms. The van der Waals surface area contributed by atoms with Crippen LogP contribution in [0, 0.1) is 0 Å². The van der Waals surface area contributed by atoms with Gasteiger partial charge in [-0.2, -0.15) is 0 Å². The number of nitrogens with zero attached hydrogens (tertiary/aromatic N) is 1. The quantitative estimate of drug-likeness (QED) is 0.467. The SMILES string of the molecule is OCc1c(-c2cccc(Oc3ccccc3)c2)noc1-c1ccccc1Cl. The third-order valence-electron chi connectivity index (χ3n) is 4.15. The molecule has 4 rings (SSSR count). The number of aliphatic hydroxyl groups excluding tert-OH is 1. The molecule has 3 aromatic carbocycles. The minimum Gasteiger partial charge on any atom is -0.457 e. The van der Waals surface area contributed by atoms with E-state index in [1.807, 2.05) is 72.8 Å². The molecule has 4 nitrogen and oxygen atoms in total. The third kappa shape index (κ3) is 3.58. The average molecular weight is 378 g/mol. The van der Waals surface area contributed by atoms with Crippen molar-refractivity contribution in [1.29, 1.82) is 0 Å². The Morgan fingerprint density at radius 1 is 0.889 bits per heavy atom. The molecule has 1 aromatic heterocycles. The van der Waals surface area contributed by atoms with Crippen molar-refractivity contribution in [2.45, 2.75) is 6.61 Å². The highest BCUT2D eigenvalue weighted by Gasteiger charge is 2.20. The Bertz CT molecular complexity index is 1060. The highest BCUT2D eigenvalue weighted by molar-refractivity contribution is 6.33. The number of aliphatic hydroxyl groups is 1. The monoisotopic (exact) mass is 377 g/mol. The molecule has 134 valence electrons. The Hall–Kier alpha value is -3.08. The first-order valence-electron chi connectivity index (χ1n) is 8.44. The normalized spacial score (nSPS) is 10.7. The molecule has 0 fully saturated rings. The second-order valence-corrected chi connectivity index (χ2v) is 6.33. The number of halogens is 1. The first-order chi connectivity index (χ1) is 13.3. The van der Waals surface area contributed by atoms with Gasteiger partial charge in [-0.3, -0.25) is 0 Å². The molecule has 0 saturated heterocycles. The van der Waals surface area contributed by atoms with Gasteiger partial charge in [0.1, 0.15) is 17.2 Å². The molecular weight excluding hydrogens is 362 g/mol. The van der Waals surface area contributed by atoms with Crippen LogP contribution in [0.3, 0.4) is 0 Å². The van der Waals surface area contributed by atoms with E-state index in [1.165, 1.54) is 0 Å². The van der Waals surface area contributed by atoms with Crippen molar-refractivity contribution in [3.05, 3.63) is 89.4 Å². The highest BCUT2D eigenvalue weighted by Crippen LogP contribution is 2.36. The lowest BCUT2D eigenvalue weighted by atomic mass is 10.0. The van der Waals surface area contributed by atoms with Gasteiger partial charge in [0.05, 0.1) is 17.2 Å². The first-order valence-corrected chi connectivity index (χ1v) is 8.81. The molecule has 0 aliphatic carbocycles. The summed E-state index contributed by atoms with van der Waals surface area (Å²) in [5, 5.41) is 14.6. The maximum Gasteiger partial charge on any atom is 0.174 e. The molecule has 0 amide bonds. The fourth-order valence-corrected chi connectivity index (χ4v) is 3.09. The molecule has 0 unspecified atom stereocenters. The average Bonchev–Trinajstić information content (AvgIpc) is 3.13. The highest BCUT2D eigenvalue weighted by atomic mass is 35.5. The number of hydrogen-bond donors (Lipinski definition) is 1. The van der Waals surface area contributed by atoms with Gasteiger partial charge in [0.25, 0.3) is 0 Å². The van der Waals surface area contributed by atoms with Gasteiger partial charge in [0.2, 0.25) is 0 Å². The summed E-state index contributed by atoms with van der Waals surface area (Å²) in [5.74, 6) is 1.88. The zero-order valence-electron chi connectivity index (χ0n) is 14.3. The van der Waals surface area contributed by atoms with Crippen LogP contribution in [0.2, 0.25) is 5.02 Å². The lowest BCUT2D eigenvalue weighted by Gasteiger charge is -2.07. The van der Waals surface area contributed by atoms with Crippen molar-refractivity contribution >= 4 is 11.6 Å². The van der Waals surface area contributed by atoms with Crippen molar-refractivity contribution in [2.75, 3.05) is 0 Å². The van der Waals surface area contributed by atoms with Crippen LogP contribution < -0.4 is 4.74 Å². The number of benzene rings is 3. The second-order valence-electron chi connectivity index (χ2n) is 5.92. The Morgan fingerprint density at radius 2 is 1.63 bits per heavy atom. The van der Waals surface area contributed by atoms with Gasteiger partial charge in [0, 0.05) is 11.1 Å². The first kappa shape index (κ1) is 17.3. The fourth-order valence-electron chi connectivity index (χ4n) is 2.87. The van der Waals surface area contributed by atoms with Crippen molar-refractivity contribution in [2.24, 2.45) is 0 Å². The van der Waals surface area contributed by atoms with E-state index >= 15 is 0 Å². The van der Waals surface area contributed by atoms with E-state index in [4.69, 9.17) is 20.9 Å². The van der Waals surface area contributed by atoms with E-state index in [1.54, 1.807) is 6.07 Å². The summed E-state index contributed by atoms with van der Waals surface area (Å²) in [6, 6.07) is 24.3. The summed E-state index contributed by atoms with van der Waals surface area (Å²) in [7, 11) is 0. The van der Waals surface area contributed by atoms with Crippen LogP contribution in [-0.4, -0.2) is 10.3 Å². The lowest BCUT2D eigenvalue weighted by Crippen LogP contribution is -1.90. The smallest absolute Gasteiger partial charge is 0.174 e. The molecule has 0 radical (unpaired) electrons. The van der Waals surface area contributed by atoms with Gasteiger partial charge in [0.15, 0.2) is 5.76 Å². The Kier molecular flexibility index (Phi) is 4.92. The Morgan fingerprint density at radius 3 is 2.41 bits per heavy atom. The molecule has 1 N–H and O–H groups in total. The van der Waals surface area contributed by atoms with Crippen LogP contribution >= 0.6 is 11.6 Å². The van der Waals surface area contributed by atoms with Gasteiger partial charge in [-0.05, 0) is 36.4 Å². The maximum atomic E-state index is 9.93. The predicted molar refractivity (Wildman–Crippen MR) is 105 cm³/mol. The largest absolute Gasteiger partial charge is 0.457 e. The van der Waals surface area contributed by atoms with E-state index < -0.39 is 0 Å². The summed E-state index contributed by atoms with van der Waals surface area (Å²) in [6.07, 6.45) is 0. The zero-order valence-corrected chi connectivity index (χ0v) is 15.1. The van der Waals surface area contributed by atoms with Gasteiger partial charge in [-0.15, -0.1) is 0 Å². The van der Waals surface area contributed by atoms with Crippen LogP contribution in [-0.2, 0) is 6.61 Å². The molecule has 0 spiro atoms. The standard InChI is InChI=1S/C22H16ClNO3/c23-20-12-5-4-11-18(20)22-19(14-25)21(24-27-22)15-7-6-10-17(13-15)26-16-8-2-1-3-9-16/h1-13,25H,14H2. The number of para-hydroxylation sites is 1. The molecular formula is C22H16ClNO3. The number of aromatic nitrogens is 1.